The molecule has 0 aromatic carbocycles. The highest BCUT2D eigenvalue weighted by Crippen LogP contribution is 2.25. The summed E-state index contributed by atoms with van der Waals surface area (Å²) in [6.45, 7) is 15.4. The summed E-state index contributed by atoms with van der Waals surface area (Å²) >= 11 is 0. The third-order valence-corrected chi connectivity index (χ3v) is 6.09. The molecule has 0 aliphatic carbocycles. The molecule has 1 saturated heterocycles. The summed E-state index contributed by atoms with van der Waals surface area (Å²) in [7, 11) is -2.88. The molecule has 1 fully saturated rings. The lowest BCUT2D eigenvalue weighted by atomic mass is 9.83. The number of nitrogens with zero attached hydrogens (tertiary/aromatic N) is 1. The van der Waals surface area contributed by atoms with Crippen LogP contribution in [0, 0.1) is 11.3 Å². The van der Waals surface area contributed by atoms with Crippen LogP contribution in [-0.4, -0.2) is 56.5 Å². The molecule has 0 aromatic heterocycles. The Morgan fingerprint density at radius 3 is 2.35 bits per heavy atom. The van der Waals surface area contributed by atoms with Crippen molar-refractivity contribution in [1.29, 1.82) is 0 Å². The number of rotatable bonds is 5. The average Bonchev–Trinajstić information content (AvgIpc) is 2.35. The summed E-state index contributed by atoms with van der Waals surface area (Å²) in [4.78, 5) is 2.38. The highest BCUT2D eigenvalue weighted by molar-refractivity contribution is 7.91. The molecule has 0 radical (unpaired) electrons. The van der Waals surface area contributed by atoms with Crippen molar-refractivity contribution in [3.63, 3.8) is 0 Å². The Labute approximate surface area is 125 Å². The van der Waals surface area contributed by atoms with E-state index in [-0.39, 0.29) is 16.9 Å². The van der Waals surface area contributed by atoms with Gasteiger partial charge in [-0.05, 0) is 11.3 Å². The summed E-state index contributed by atoms with van der Waals surface area (Å²) < 4.78 is 23.5. The SMILES string of the molecule is CCS(=O)(=O)CCN1CC(C(C)(C)C)NCC1C(C)C. The number of sulfone groups is 1. The fourth-order valence-corrected chi connectivity index (χ4v) is 3.52. The van der Waals surface area contributed by atoms with E-state index in [0.29, 0.717) is 24.5 Å². The normalized spacial score (nSPS) is 26.1. The third kappa shape index (κ3) is 5.01. The van der Waals surface area contributed by atoms with E-state index in [1.54, 1.807) is 6.92 Å². The molecule has 0 bridgehead atoms. The summed E-state index contributed by atoms with van der Waals surface area (Å²) in [5, 5.41) is 3.64. The molecular formula is C15H32N2O2S. The van der Waals surface area contributed by atoms with Crippen molar-refractivity contribution in [1.82, 2.24) is 10.2 Å². The van der Waals surface area contributed by atoms with E-state index in [2.05, 4.69) is 44.8 Å². The average molecular weight is 304 g/mol. The van der Waals surface area contributed by atoms with Crippen LogP contribution in [0.2, 0.25) is 0 Å². The van der Waals surface area contributed by atoms with Crippen molar-refractivity contribution in [2.75, 3.05) is 31.1 Å². The second kappa shape index (κ2) is 6.75. The minimum atomic E-state index is -2.88. The topological polar surface area (TPSA) is 49.4 Å². The summed E-state index contributed by atoms with van der Waals surface area (Å²) in [5.41, 5.74) is 0.198. The first-order chi connectivity index (χ1) is 9.07. The van der Waals surface area contributed by atoms with Gasteiger partial charge in [-0.15, -0.1) is 0 Å². The van der Waals surface area contributed by atoms with Gasteiger partial charge in [-0.25, -0.2) is 8.42 Å². The minimum absolute atomic E-state index is 0.198. The maximum atomic E-state index is 11.8. The van der Waals surface area contributed by atoms with Crippen LogP contribution in [0.5, 0.6) is 0 Å². The standard InChI is InChI=1S/C15H32N2O2S/c1-7-20(18,19)9-8-17-11-14(15(4,5)6)16-10-13(17)12(2)3/h12-14,16H,7-11H2,1-6H3. The van der Waals surface area contributed by atoms with E-state index >= 15 is 0 Å². The van der Waals surface area contributed by atoms with Gasteiger partial charge in [0.2, 0.25) is 0 Å². The lowest BCUT2D eigenvalue weighted by molar-refractivity contribution is 0.0684. The van der Waals surface area contributed by atoms with Gasteiger partial charge < -0.3 is 5.32 Å². The van der Waals surface area contributed by atoms with Crippen molar-refractivity contribution >= 4 is 9.84 Å². The van der Waals surface area contributed by atoms with Gasteiger partial charge in [-0.3, -0.25) is 4.90 Å². The molecule has 1 rings (SSSR count). The van der Waals surface area contributed by atoms with E-state index in [1.807, 2.05) is 0 Å². The molecule has 2 atom stereocenters. The van der Waals surface area contributed by atoms with Crippen molar-refractivity contribution in [2.45, 2.75) is 53.6 Å². The highest BCUT2D eigenvalue weighted by Gasteiger charge is 2.35. The molecular weight excluding hydrogens is 272 g/mol. The molecule has 20 heavy (non-hydrogen) atoms. The Morgan fingerprint density at radius 1 is 1.30 bits per heavy atom. The van der Waals surface area contributed by atoms with Gasteiger partial charge in [0, 0.05) is 37.5 Å². The highest BCUT2D eigenvalue weighted by atomic mass is 32.2. The Bertz CT molecular complexity index is 399. The third-order valence-electron chi connectivity index (χ3n) is 4.40. The molecule has 0 amide bonds. The van der Waals surface area contributed by atoms with Crippen LogP contribution in [0.1, 0.15) is 41.5 Å². The first-order valence-corrected chi connectivity index (χ1v) is 9.57. The smallest absolute Gasteiger partial charge is 0.151 e. The van der Waals surface area contributed by atoms with Gasteiger partial charge in [-0.1, -0.05) is 41.5 Å². The van der Waals surface area contributed by atoms with Crippen LogP contribution in [0.3, 0.4) is 0 Å². The Kier molecular flexibility index (Phi) is 6.05. The van der Waals surface area contributed by atoms with E-state index in [0.717, 1.165) is 13.1 Å². The molecule has 5 heteroatoms. The monoisotopic (exact) mass is 304 g/mol. The zero-order chi connectivity index (χ0) is 15.6. The van der Waals surface area contributed by atoms with Crippen LogP contribution >= 0.6 is 0 Å². The van der Waals surface area contributed by atoms with E-state index in [1.165, 1.54) is 0 Å². The van der Waals surface area contributed by atoms with Gasteiger partial charge >= 0.3 is 0 Å². The maximum Gasteiger partial charge on any atom is 0.151 e. The van der Waals surface area contributed by atoms with Crippen LogP contribution < -0.4 is 5.32 Å². The molecule has 0 saturated carbocycles. The van der Waals surface area contributed by atoms with Crippen molar-refractivity contribution in [3.05, 3.63) is 0 Å². The quantitative estimate of drug-likeness (QED) is 0.841. The second-order valence-corrected chi connectivity index (χ2v) is 9.84. The molecule has 1 aliphatic heterocycles. The summed E-state index contributed by atoms with van der Waals surface area (Å²) in [6.07, 6.45) is 0. The predicted molar refractivity (Wildman–Crippen MR) is 85.8 cm³/mol. The molecule has 1 aliphatic rings. The van der Waals surface area contributed by atoms with Crippen molar-refractivity contribution in [3.8, 4) is 0 Å². The number of piperazine rings is 1. The number of hydrogen-bond acceptors (Lipinski definition) is 4. The second-order valence-electron chi connectivity index (χ2n) is 7.37. The molecule has 120 valence electrons. The fourth-order valence-electron chi connectivity index (χ4n) is 2.72. The molecule has 1 heterocycles. The molecule has 4 nitrogen and oxygen atoms in total. The number of nitrogens with one attached hydrogen (secondary N) is 1. The summed E-state index contributed by atoms with van der Waals surface area (Å²) in [6, 6.07) is 0.850. The molecule has 2 unspecified atom stereocenters. The van der Waals surface area contributed by atoms with Gasteiger partial charge in [0.05, 0.1) is 5.75 Å². The zero-order valence-corrected chi connectivity index (χ0v) is 14.8. The first-order valence-electron chi connectivity index (χ1n) is 7.74. The lowest BCUT2D eigenvalue weighted by Gasteiger charge is -2.46. The molecule has 0 spiro atoms. The van der Waals surface area contributed by atoms with E-state index in [9.17, 15) is 8.42 Å². The fraction of sp³-hybridized carbons (Fsp3) is 1.00. The van der Waals surface area contributed by atoms with Crippen molar-refractivity contribution < 1.29 is 8.42 Å². The molecule has 0 aromatic rings. The zero-order valence-electron chi connectivity index (χ0n) is 13.9. The van der Waals surface area contributed by atoms with Gasteiger partial charge in [0.1, 0.15) is 0 Å². The van der Waals surface area contributed by atoms with Crippen LogP contribution in [0.25, 0.3) is 0 Å². The number of hydrogen-bond donors (Lipinski definition) is 1. The lowest BCUT2D eigenvalue weighted by Crippen LogP contribution is -2.62. The minimum Gasteiger partial charge on any atom is -0.311 e. The van der Waals surface area contributed by atoms with Crippen LogP contribution in [-0.2, 0) is 9.84 Å². The summed E-state index contributed by atoms with van der Waals surface area (Å²) in [5.74, 6) is 1.06. The molecule has 1 N–H and O–H groups in total. The van der Waals surface area contributed by atoms with E-state index < -0.39 is 9.84 Å². The van der Waals surface area contributed by atoms with Gasteiger partial charge in [-0.2, -0.15) is 0 Å². The van der Waals surface area contributed by atoms with Crippen LogP contribution in [0.4, 0.5) is 0 Å². The first kappa shape index (κ1) is 17.9. The Morgan fingerprint density at radius 2 is 1.90 bits per heavy atom. The maximum absolute atomic E-state index is 11.8. The van der Waals surface area contributed by atoms with Crippen LogP contribution in [0.15, 0.2) is 0 Å². The predicted octanol–water partition coefficient (Wildman–Crippen LogP) is 1.77. The Hall–Kier alpha value is -0.130. The van der Waals surface area contributed by atoms with Crippen molar-refractivity contribution in [2.24, 2.45) is 11.3 Å². The van der Waals surface area contributed by atoms with Gasteiger partial charge in [0.15, 0.2) is 9.84 Å². The van der Waals surface area contributed by atoms with E-state index in [4.69, 9.17) is 0 Å². The largest absolute Gasteiger partial charge is 0.311 e. The van der Waals surface area contributed by atoms with Gasteiger partial charge in [0.25, 0.3) is 0 Å². The Balaban J connectivity index is 2.74.